The molecule has 0 spiro atoms. The van der Waals surface area contributed by atoms with Crippen molar-refractivity contribution in [2.45, 2.75) is 51.2 Å². The fourth-order valence-electron chi connectivity index (χ4n) is 6.54. The van der Waals surface area contributed by atoms with Crippen LogP contribution in [0.25, 0.3) is 10.8 Å². The summed E-state index contributed by atoms with van der Waals surface area (Å²) < 4.78 is 6.40. The second-order valence-corrected chi connectivity index (χ2v) is 11.8. The monoisotopic (exact) mass is 540 g/mol. The van der Waals surface area contributed by atoms with E-state index in [0.29, 0.717) is 32.3 Å². The van der Waals surface area contributed by atoms with E-state index in [4.69, 9.17) is 14.7 Å². The van der Waals surface area contributed by atoms with Crippen molar-refractivity contribution in [2.24, 2.45) is 0 Å². The first-order chi connectivity index (χ1) is 19.4. The molecule has 8 heteroatoms. The predicted octanol–water partition coefficient (Wildman–Crippen LogP) is 4.28. The lowest BCUT2D eigenvalue weighted by Gasteiger charge is -2.42. The Morgan fingerprint density at radius 2 is 1.95 bits per heavy atom. The van der Waals surface area contributed by atoms with Gasteiger partial charge >= 0.3 is 6.01 Å². The summed E-state index contributed by atoms with van der Waals surface area (Å²) in [4.78, 5) is 31.4. The first-order valence-corrected chi connectivity index (χ1v) is 14.5. The minimum atomic E-state index is -0.0155. The van der Waals surface area contributed by atoms with Gasteiger partial charge in [-0.15, -0.1) is 0 Å². The van der Waals surface area contributed by atoms with Gasteiger partial charge in [0.05, 0.1) is 17.8 Å². The average Bonchev–Trinajstić information content (AvgIpc) is 3.32. The first-order valence-electron chi connectivity index (χ1n) is 14.5. The van der Waals surface area contributed by atoms with Gasteiger partial charge in [-0.1, -0.05) is 43.0 Å². The van der Waals surface area contributed by atoms with Crippen LogP contribution in [0.15, 0.2) is 55.1 Å². The number of aromatic nitrogens is 2. The zero-order valence-corrected chi connectivity index (χ0v) is 24.0. The number of fused-ring (bicyclic) bond motifs is 2. The molecule has 8 nitrogen and oxygen atoms in total. The summed E-state index contributed by atoms with van der Waals surface area (Å²) in [6.45, 7) is 13.4. The molecule has 2 atom stereocenters. The lowest BCUT2D eigenvalue weighted by Crippen LogP contribution is -2.54. The van der Waals surface area contributed by atoms with Gasteiger partial charge in [0.2, 0.25) is 5.91 Å². The number of hydrogen-bond donors (Lipinski definition) is 0. The molecule has 3 aromatic rings. The maximum atomic E-state index is 12.3. The molecule has 3 aliphatic rings. The van der Waals surface area contributed by atoms with Crippen molar-refractivity contribution in [2.75, 3.05) is 56.2 Å². The Bertz CT molecular complexity index is 1420. The van der Waals surface area contributed by atoms with Gasteiger partial charge in [-0.3, -0.25) is 9.69 Å². The third kappa shape index (κ3) is 4.89. The Balaban J connectivity index is 1.33. The van der Waals surface area contributed by atoms with Gasteiger partial charge in [-0.25, -0.2) is 0 Å². The lowest BCUT2D eigenvalue weighted by molar-refractivity contribution is -0.126. The zero-order chi connectivity index (χ0) is 27.9. The highest BCUT2D eigenvalue weighted by atomic mass is 16.5. The van der Waals surface area contributed by atoms with Crippen LogP contribution in [0.1, 0.15) is 37.9 Å². The standard InChI is InChI=1S/C32H40N6O2/c1-5-29(39)37-18-19-38(23(2)20-37)30-26-14-17-36(28-13-8-11-24-10-6-7-12-25(24)28)21-27(26)33-31(34-30)40-22-32(3)15-9-16-35(32)4/h5-8,10-13,23H,1,9,14-22H2,2-4H3/t23-,32+/m1/s1. The summed E-state index contributed by atoms with van der Waals surface area (Å²) in [6.07, 6.45) is 4.54. The van der Waals surface area contributed by atoms with E-state index < -0.39 is 0 Å². The molecule has 40 heavy (non-hydrogen) atoms. The maximum absolute atomic E-state index is 12.3. The quantitative estimate of drug-likeness (QED) is 0.433. The van der Waals surface area contributed by atoms with Gasteiger partial charge in [0, 0.05) is 48.9 Å². The van der Waals surface area contributed by atoms with Crippen molar-refractivity contribution in [1.82, 2.24) is 19.8 Å². The van der Waals surface area contributed by atoms with E-state index in [1.807, 2.05) is 4.90 Å². The van der Waals surface area contributed by atoms with Crippen LogP contribution in [0.4, 0.5) is 11.5 Å². The summed E-state index contributed by atoms with van der Waals surface area (Å²) >= 11 is 0. The molecule has 4 heterocycles. The third-order valence-electron chi connectivity index (χ3n) is 9.16. The van der Waals surface area contributed by atoms with Gasteiger partial charge in [-0.2, -0.15) is 9.97 Å². The van der Waals surface area contributed by atoms with Crippen LogP contribution in [0.2, 0.25) is 0 Å². The normalized spacial score (nSPS) is 23.4. The average molecular weight is 541 g/mol. The van der Waals surface area contributed by atoms with Gasteiger partial charge < -0.3 is 19.4 Å². The van der Waals surface area contributed by atoms with Crippen LogP contribution < -0.4 is 14.5 Å². The van der Waals surface area contributed by atoms with Crippen molar-refractivity contribution in [3.63, 3.8) is 0 Å². The first kappa shape index (κ1) is 26.6. The number of carbonyl (C=O) groups excluding carboxylic acids is 1. The van der Waals surface area contributed by atoms with Gasteiger partial charge in [0.1, 0.15) is 12.4 Å². The zero-order valence-electron chi connectivity index (χ0n) is 24.0. The van der Waals surface area contributed by atoms with Crippen LogP contribution >= 0.6 is 0 Å². The molecule has 6 rings (SSSR count). The van der Waals surface area contributed by atoms with Crippen molar-refractivity contribution < 1.29 is 9.53 Å². The molecule has 1 aromatic heterocycles. The van der Waals surface area contributed by atoms with Crippen molar-refractivity contribution >= 4 is 28.2 Å². The second kappa shape index (κ2) is 10.7. The smallest absolute Gasteiger partial charge is 0.318 e. The van der Waals surface area contributed by atoms with Crippen molar-refractivity contribution in [1.29, 1.82) is 0 Å². The number of carbonyl (C=O) groups is 1. The molecule has 3 aliphatic heterocycles. The van der Waals surface area contributed by atoms with E-state index in [9.17, 15) is 4.79 Å². The number of hydrogen-bond acceptors (Lipinski definition) is 7. The number of rotatable bonds is 6. The number of likely N-dealkylation sites (tertiary alicyclic amines) is 1. The molecule has 0 bridgehead atoms. The fourth-order valence-corrected chi connectivity index (χ4v) is 6.54. The third-order valence-corrected chi connectivity index (χ3v) is 9.16. The van der Waals surface area contributed by atoms with Crippen LogP contribution in [-0.4, -0.2) is 83.6 Å². The molecule has 0 aliphatic carbocycles. The van der Waals surface area contributed by atoms with Crippen LogP contribution in [0.3, 0.4) is 0 Å². The Kier molecular flexibility index (Phi) is 7.13. The molecule has 0 N–H and O–H groups in total. The number of benzene rings is 2. The summed E-state index contributed by atoms with van der Waals surface area (Å²) in [5, 5.41) is 2.50. The van der Waals surface area contributed by atoms with Gasteiger partial charge in [-0.05, 0) is 64.2 Å². The molecule has 0 saturated carbocycles. The highest BCUT2D eigenvalue weighted by Gasteiger charge is 2.36. The Morgan fingerprint density at radius 3 is 2.73 bits per heavy atom. The van der Waals surface area contributed by atoms with E-state index in [-0.39, 0.29) is 17.5 Å². The highest BCUT2D eigenvalue weighted by Crippen LogP contribution is 2.35. The van der Waals surface area contributed by atoms with Crippen molar-refractivity contribution in [3.05, 3.63) is 66.4 Å². The highest BCUT2D eigenvalue weighted by molar-refractivity contribution is 5.94. The number of likely N-dealkylation sites (N-methyl/N-ethyl adjacent to an activating group) is 1. The molecule has 0 unspecified atom stereocenters. The number of ether oxygens (including phenoxy) is 1. The van der Waals surface area contributed by atoms with E-state index in [0.717, 1.165) is 44.0 Å². The van der Waals surface area contributed by atoms with E-state index in [1.54, 1.807) is 0 Å². The topological polar surface area (TPSA) is 65.0 Å². The Hall–Kier alpha value is -3.65. The number of anilines is 2. The summed E-state index contributed by atoms with van der Waals surface area (Å²) in [5.41, 5.74) is 3.44. The number of amides is 1. The van der Waals surface area contributed by atoms with Gasteiger partial charge in [0.25, 0.3) is 0 Å². The van der Waals surface area contributed by atoms with Crippen LogP contribution in [0.5, 0.6) is 6.01 Å². The SMILES string of the molecule is C=CC(=O)N1CCN(c2nc(OC[C@]3(C)CCCN3C)nc3c2CCN(c2cccc4ccccc24)C3)[C@H](C)C1. The summed E-state index contributed by atoms with van der Waals surface area (Å²) in [7, 11) is 2.17. The maximum Gasteiger partial charge on any atom is 0.318 e. The molecule has 0 radical (unpaired) electrons. The second-order valence-electron chi connectivity index (χ2n) is 11.8. The molecular formula is C32H40N6O2. The van der Waals surface area contributed by atoms with Crippen molar-refractivity contribution in [3.8, 4) is 6.01 Å². The van der Waals surface area contributed by atoms with E-state index in [2.05, 4.69) is 84.6 Å². The number of nitrogens with zero attached hydrogens (tertiary/aromatic N) is 6. The Morgan fingerprint density at radius 1 is 1.12 bits per heavy atom. The summed E-state index contributed by atoms with van der Waals surface area (Å²) in [6, 6.07) is 15.7. The predicted molar refractivity (Wildman–Crippen MR) is 160 cm³/mol. The molecule has 2 fully saturated rings. The minimum absolute atomic E-state index is 0.0140. The largest absolute Gasteiger partial charge is 0.461 e. The van der Waals surface area contributed by atoms with E-state index in [1.165, 1.54) is 34.5 Å². The molecule has 1 amide bonds. The lowest BCUT2D eigenvalue weighted by atomic mass is 10.0. The Labute approximate surface area is 237 Å². The molecule has 2 saturated heterocycles. The molecule has 2 aromatic carbocycles. The van der Waals surface area contributed by atoms with Crippen LogP contribution in [0, 0.1) is 0 Å². The molecular weight excluding hydrogens is 500 g/mol. The minimum Gasteiger partial charge on any atom is -0.461 e. The van der Waals surface area contributed by atoms with E-state index >= 15 is 0 Å². The number of piperazine rings is 1. The summed E-state index contributed by atoms with van der Waals surface area (Å²) in [5.74, 6) is 0.945. The fraction of sp³-hybridized carbons (Fsp3) is 0.469. The molecule has 210 valence electrons. The van der Waals surface area contributed by atoms with Gasteiger partial charge in [0.15, 0.2) is 0 Å². The van der Waals surface area contributed by atoms with Crippen LogP contribution in [-0.2, 0) is 17.8 Å².